The van der Waals surface area contributed by atoms with Crippen molar-refractivity contribution in [2.24, 2.45) is 0 Å². The Bertz CT molecular complexity index is 999. The highest BCUT2D eigenvalue weighted by Crippen LogP contribution is 2.19. The molecule has 0 saturated carbocycles. The van der Waals surface area contributed by atoms with Crippen LogP contribution in [0, 0.1) is 0 Å². The van der Waals surface area contributed by atoms with Gasteiger partial charge in [0.1, 0.15) is 6.61 Å². The van der Waals surface area contributed by atoms with E-state index in [-0.39, 0.29) is 12.4 Å². The van der Waals surface area contributed by atoms with E-state index in [9.17, 15) is 9.59 Å². The second-order valence-electron chi connectivity index (χ2n) is 6.39. The lowest BCUT2D eigenvalue weighted by Crippen LogP contribution is -2.24. The number of hydrogen-bond donors (Lipinski definition) is 2. The number of nitrogen functional groups attached to an aromatic ring is 1. The molecule has 0 aliphatic rings. The molecule has 146 valence electrons. The maximum Gasteiger partial charge on any atom is 0.407 e. The third-order valence-corrected chi connectivity index (χ3v) is 4.25. The third-order valence-electron chi connectivity index (χ3n) is 4.25. The smallest absolute Gasteiger partial charge is 0.407 e. The predicted molar refractivity (Wildman–Crippen MR) is 114 cm³/mol. The molecule has 0 aliphatic heterocycles. The van der Waals surface area contributed by atoms with Gasteiger partial charge in [0.15, 0.2) is 5.78 Å². The van der Waals surface area contributed by atoms with Gasteiger partial charge in [-0.15, -0.1) is 0 Å². The summed E-state index contributed by atoms with van der Waals surface area (Å²) in [5, 5.41) is 2.66. The second-order valence-corrected chi connectivity index (χ2v) is 6.39. The van der Waals surface area contributed by atoms with Crippen LogP contribution in [-0.2, 0) is 11.3 Å². The van der Waals surface area contributed by atoms with E-state index in [2.05, 4.69) is 5.32 Å². The second kappa shape index (κ2) is 9.90. The molecule has 0 radical (unpaired) electrons. The molecule has 5 nitrogen and oxygen atoms in total. The molecule has 0 aliphatic carbocycles. The first-order valence-electron chi connectivity index (χ1n) is 9.24. The molecular formula is C24H22N2O3. The van der Waals surface area contributed by atoms with Crippen molar-refractivity contribution in [2.45, 2.75) is 6.61 Å². The molecule has 0 unspecified atom stereocenters. The first-order chi connectivity index (χ1) is 14.1. The topological polar surface area (TPSA) is 81.4 Å². The fourth-order valence-corrected chi connectivity index (χ4v) is 2.73. The molecule has 29 heavy (non-hydrogen) atoms. The first-order valence-corrected chi connectivity index (χ1v) is 9.24. The lowest BCUT2D eigenvalue weighted by Gasteiger charge is -2.07. The Labute approximate surface area is 169 Å². The lowest BCUT2D eigenvalue weighted by molar-refractivity contribution is 0.103. The zero-order valence-electron chi connectivity index (χ0n) is 15.9. The minimum atomic E-state index is -0.490. The van der Waals surface area contributed by atoms with Gasteiger partial charge in [-0.25, -0.2) is 4.79 Å². The summed E-state index contributed by atoms with van der Waals surface area (Å²) in [7, 11) is 0. The number of hydrogen-bond acceptors (Lipinski definition) is 4. The number of rotatable bonds is 7. The van der Waals surface area contributed by atoms with Gasteiger partial charge in [0.2, 0.25) is 0 Å². The maximum absolute atomic E-state index is 12.6. The number of amides is 1. The molecule has 3 aromatic rings. The van der Waals surface area contributed by atoms with Crippen LogP contribution in [0.4, 0.5) is 10.5 Å². The number of carbonyl (C=O) groups is 2. The summed E-state index contributed by atoms with van der Waals surface area (Å²) in [6.07, 6.45) is 3.11. The molecule has 0 saturated heterocycles. The Hall–Kier alpha value is -3.86. The predicted octanol–water partition coefficient (Wildman–Crippen LogP) is 4.44. The summed E-state index contributed by atoms with van der Waals surface area (Å²) in [6.45, 7) is 0.527. The van der Waals surface area contributed by atoms with Crippen molar-refractivity contribution in [1.82, 2.24) is 5.32 Å². The van der Waals surface area contributed by atoms with E-state index in [1.54, 1.807) is 30.3 Å². The normalized spacial score (nSPS) is 10.6. The molecule has 3 N–H and O–H groups in total. The molecule has 0 atom stereocenters. The Morgan fingerprint density at radius 1 is 0.931 bits per heavy atom. The minimum absolute atomic E-state index is 0.124. The zero-order valence-corrected chi connectivity index (χ0v) is 15.9. The molecule has 0 aromatic heterocycles. The minimum Gasteiger partial charge on any atom is -0.445 e. The molecular weight excluding hydrogens is 364 g/mol. The van der Waals surface area contributed by atoms with Gasteiger partial charge in [0.25, 0.3) is 0 Å². The van der Waals surface area contributed by atoms with Gasteiger partial charge in [-0.05, 0) is 23.3 Å². The number of ketones is 1. The maximum atomic E-state index is 12.6. The molecule has 5 heteroatoms. The van der Waals surface area contributed by atoms with Crippen LogP contribution in [0.5, 0.6) is 0 Å². The lowest BCUT2D eigenvalue weighted by atomic mass is 9.99. The van der Waals surface area contributed by atoms with Crippen molar-refractivity contribution in [1.29, 1.82) is 0 Å². The number of alkyl carbamates (subject to hydrolysis) is 1. The van der Waals surface area contributed by atoms with Gasteiger partial charge >= 0.3 is 6.09 Å². The van der Waals surface area contributed by atoms with Gasteiger partial charge in [0, 0.05) is 23.4 Å². The van der Waals surface area contributed by atoms with Gasteiger partial charge in [0.05, 0.1) is 0 Å². The van der Waals surface area contributed by atoms with E-state index in [0.717, 1.165) is 11.1 Å². The van der Waals surface area contributed by atoms with E-state index in [0.29, 0.717) is 23.4 Å². The van der Waals surface area contributed by atoms with E-state index in [1.807, 2.05) is 60.7 Å². The highest BCUT2D eigenvalue weighted by atomic mass is 16.5. The standard InChI is InChI=1S/C24H22N2O3/c25-22-14-13-18(16-21(22)23(27)20-11-5-2-6-12-20)10-7-15-26-24(28)29-17-19-8-3-1-4-9-19/h1-14,16H,15,17,25H2,(H,26,28). The van der Waals surface area contributed by atoms with Gasteiger partial charge in [-0.3, -0.25) is 4.79 Å². The summed E-state index contributed by atoms with van der Waals surface area (Å²) >= 11 is 0. The summed E-state index contributed by atoms with van der Waals surface area (Å²) in [5.41, 5.74) is 9.20. The monoisotopic (exact) mass is 386 g/mol. The average molecular weight is 386 g/mol. The van der Waals surface area contributed by atoms with Crippen LogP contribution >= 0.6 is 0 Å². The Balaban J connectivity index is 1.54. The zero-order chi connectivity index (χ0) is 20.5. The number of nitrogens with one attached hydrogen (secondary N) is 1. The quantitative estimate of drug-likeness (QED) is 0.465. The van der Waals surface area contributed by atoms with Gasteiger partial charge < -0.3 is 15.8 Å². The number of anilines is 1. The molecule has 0 heterocycles. The van der Waals surface area contributed by atoms with Crippen molar-refractivity contribution >= 4 is 23.6 Å². The van der Waals surface area contributed by atoms with Crippen molar-refractivity contribution in [3.05, 3.63) is 107 Å². The summed E-state index contributed by atoms with van der Waals surface area (Å²) in [6, 6.07) is 23.8. The number of ether oxygens (including phenoxy) is 1. The third kappa shape index (κ3) is 5.81. The largest absolute Gasteiger partial charge is 0.445 e. The Morgan fingerprint density at radius 3 is 2.34 bits per heavy atom. The molecule has 0 spiro atoms. The van der Waals surface area contributed by atoms with Crippen LogP contribution in [0.3, 0.4) is 0 Å². The van der Waals surface area contributed by atoms with Crippen LogP contribution < -0.4 is 11.1 Å². The highest BCUT2D eigenvalue weighted by molar-refractivity contribution is 6.12. The van der Waals surface area contributed by atoms with Crippen LogP contribution in [0.2, 0.25) is 0 Å². The SMILES string of the molecule is Nc1ccc(C=CCNC(=O)OCc2ccccc2)cc1C(=O)c1ccccc1. The highest BCUT2D eigenvalue weighted by Gasteiger charge is 2.12. The summed E-state index contributed by atoms with van der Waals surface area (Å²) in [4.78, 5) is 24.4. The van der Waals surface area contributed by atoms with Crippen LogP contribution in [-0.4, -0.2) is 18.4 Å². The van der Waals surface area contributed by atoms with Crippen LogP contribution in [0.1, 0.15) is 27.0 Å². The fraction of sp³-hybridized carbons (Fsp3) is 0.0833. The molecule has 1 amide bonds. The molecule has 0 bridgehead atoms. The Morgan fingerprint density at radius 2 is 1.62 bits per heavy atom. The van der Waals surface area contributed by atoms with Crippen molar-refractivity contribution < 1.29 is 14.3 Å². The van der Waals surface area contributed by atoms with E-state index in [1.165, 1.54) is 0 Å². The number of benzene rings is 3. The molecule has 0 fully saturated rings. The van der Waals surface area contributed by atoms with E-state index in [4.69, 9.17) is 10.5 Å². The molecule has 3 aromatic carbocycles. The fourth-order valence-electron chi connectivity index (χ4n) is 2.73. The van der Waals surface area contributed by atoms with Gasteiger partial charge in [-0.2, -0.15) is 0 Å². The van der Waals surface area contributed by atoms with Crippen LogP contribution in [0.25, 0.3) is 6.08 Å². The van der Waals surface area contributed by atoms with E-state index >= 15 is 0 Å². The van der Waals surface area contributed by atoms with Crippen LogP contribution in [0.15, 0.2) is 84.9 Å². The molecule has 3 rings (SSSR count). The van der Waals surface area contributed by atoms with Crippen molar-refractivity contribution in [3.63, 3.8) is 0 Å². The first kappa shape index (κ1) is 19.9. The number of carbonyl (C=O) groups excluding carboxylic acids is 2. The Kier molecular flexibility index (Phi) is 6.79. The average Bonchev–Trinajstić information content (AvgIpc) is 2.77. The van der Waals surface area contributed by atoms with Crippen molar-refractivity contribution in [3.8, 4) is 0 Å². The summed E-state index contributed by atoms with van der Waals surface area (Å²) < 4.78 is 5.15. The van der Waals surface area contributed by atoms with Gasteiger partial charge in [-0.1, -0.05) is 78.9 Å². The van der Waals surface area contributed by atoms with E-state index < -0.39 is 6.09 Å². The summed E-state index contributed by atoms with van der Waals surface area (Å²) in [5.74, 6) is -0.124. The number of nitrogens with two attached hydrogens (primary N) is 1. The van der Waals surface area contributed by atoms with Crippen molar-refractivity contribution in [2.75, 3.05) is 12.3 Å².